The summed E-state index contributed by atoms with van der Waals surface area (Å²) in [5, 5.41) is 8.51. The second-order valence-electron chi connectivity index (χ2n) is 6.83. The molecule has 7 nitrogen and oxygen atoms in total. The Morgan fingerprint density at radius 1 is 1.08 bits per heavy atom. The van der Waals surface area contributed by atoms with Crippen molar-refractivity contribution in [2.24, 2.45) is 0 Å². The highest BCUT2D eigenvalue weighted by Gasteiger charge is 2.17. The van der Waals surface area contributed by atoms with Gasteiger partial charge in [0.15, 0.2) is 0 Å². The number of nitrogens with one attached hydrogen (secondary N) is 3. The summed E-state index contributed by atoms with van der Waals surface area (Å²) in [6.07, 6.45) is 5.59. The number of hydrogen-bond donors (Lipinski definition) is 3. The third-order valence-corrected chi connectivity index (χ3v) is 4.88. The molecule has 1 saturated carbocycles. The van der Waals surface area contributed by atoms with E-state index in [-0.39, 0.29) is 24.5 Å². The summed E-state index contributed by atoms with van der Waals surface area (Å²) < 4.78 is 5.39. The molecule has 0 atom stereocenters. The largest absolute Gasteiger partial charge is 0.378 e. The van der Waals surface area contributed by atoms with E-state index in [9.17, 15) is 9.59 Å². The second kappa shape index (κ2) is 9.43. The van der Waals surface area contributed by atoms with Gasteiger partial charge in [-0.05, 0) is 25.0 Å². The molecule has 1 aromatic rings. The fourth-order valence-electron chi connectivity index (χ4n) is 3.50. The van der Waals surface area contributed by atoms with Crippen molar-refractivity contribution in [2.45, 2.75) is 38.1 Å². The molecule has 7 heteroatoms. The van der Waals surface area contributed by atoms with Crippen LogP contribution < -0.4 is 20.9 Å². The van der Waals surface area contributed by atoms with Gasteiger partial charge < -0.3 is 25.6 Å². The van der Waals surface area contributed by atoms with Gasteiger partial charge in [0.2, 0.25) is 5.91 Å². The number of rotatable bonds is 5. The minimum absolute atomic E-state index is 0.0456. The van der Waals surface area contributed by atoms with Crippen LogP contribution in [-0.4, -0.2) is 50.8 Å². The summed E-state index contributed by atoms with van der Waals surface area (Å²) in [4.78, 5) is 26.4. The monoisotopic (exact) mass is 360 g/mol. The number of anilines is 2. The molecule has 0 bridgehead atoms. The Kier molecular flexibility index (Phi) is 6.71. The molecule has 0 spiro atoms. The van der Waals surface area contributed by atoms with Crippen LogP contribution in [0.3, 0.4) is 0 Å². The number of para-hydroxylation sites is 2. The van der Waals surface area contributed by atoms with E-state index in [0.29, 0.717) is 13.2 Å². The predicted molar refractivity (Wildman–Crippen MR) is 102 cm³/mol. The maximum atomic E-state index is 12.2. The van der Waals surface area contributed by atoms with E-state index in [1.807, 2.05) is 24.3 Å². The predicted octanol–water partition coefficient (Wildman–Crippen LogP) is 2.09. The van der Waals surface area contributed by atoms with E-state index in [1.54, 1.807) is 0 Å². The van der Waals surface area contributed by atoms with E-state index in [4.69, 9.17) is 4.74 Å². The van der Waals surface area contributed by atoms with Crippen LogP contribution in [0, 0.1) is 0 Å². The molecule has 1 aliphatic heterocycles. The van der Waals surface area contributed by atoms with Crippen LogP contribution in [0.2, 0.25) is 0 Å². The van der Waals surface area contributed by atoms with Gasteiger partial charge in [-0.3, -0.25) is 4.79 Å². The Hall–Kier alpha value is -2.28. The van der Waals surface area contributed by atoms with E-state index in [2.05, 4.69) is 20.9 Å². The van der Waals surface area contributed by atoms with Crippen molar-refractivity contribution in [1.29, 1.82) is 0 Å². The molecule has 1 heterocycles. The average Bonchev–Trinajstić information content (AvgIpc) is 2.68. The molecule has 3 amide bonds. The molecular formula is C19H28N4O3. The number of ether oxygens (including phenoxy) is 1. The molecule has 142 valence electrons. The summed E-state index contributed by atoms with van der Waals surface area (Å²) in [5.41, 5.74) is 1.74. The molecule has 2 fully saturated rings. The molecule has 1 saturated heterocycles. The molecule has 3 rings (SSSR count). The molecule has 0 unspecified atom stereocenters. The van der Waals surface area contributed by atoms with Crippen LogP contribution in [0.4, 0.5) is 16.2 Å². The van der Waals surface area contributed by atoms with Crippen LogP contribution in [0.1, 0.15) is 32.1 Å². The van der Waals surface area contributed by atoms with Crippen molar-refractivity contribution in [3.63, 3.8) is 0 Å². The summed E-state index contributed by atoms with van der Waals surface area (Å²) >= 11 is 0. The third kappa shape index (κ3) is 5.36. The van der Waals surface area contributed by atoms with Gasteiger partial charge in [0, 0.05) is 19.1 Å². The van der Waals surface area contributed by atoms with E-state index in [0.717, 1.165) is 50.1 Å². The first-order chi connectivity index (χ1) is 12.7. The van der Waals surface area contributed by atoms with Gasteiger partial charge in [-0.1, -0.05) is 31.4 Å². The Bertz CT molecular complexity index is 611. The minimum Gasteiger partial charge on any atom is -0.378 e. The molecule has 3 N–H and O–H groups in total. The molecule has 1 aromatic carbocycles. The zero-order valence-corrected chi connectivity index (χ0v) is 15.1. The van der Waals surface area contributed by atoms with Gasteiger partial charge >= 0.3 is 6.03 Å². The summed E-state index contributed by atoms with van der Waals surface area (Å²) in [5.74, 6) is -0.232. The number of amides is 3. The summed E-state index contributed by atoms with van der Waals surface area (Å²) in [7, 11) is 0. The van der Waals surface area contributed by atoms with Crippen LogP contribution in [0.25, 0.3) is 0 Å². The Morgan fingerprint density at radius 3 is 2.58 bits per heavy atom. The van der Waals surface area contributed by atoms with Gasteiger partial charge in [-0.25, -0.2) is 4.79 Å². The van der Waals surface area contributed by atoms with Gasteiger partial charge in [-0.15, -0.1) is 0 Å². The minimum atomic E-state index is -0.270. The quantitative estimate of drug-likeness (QED) is 0.751. The maximum Gasteiger partial charge on any atom is 0.315 e. The smallest absolute Gasteiger partial charge is 0.315 e. The van der Waals surface area contributed by atoms with Crippen molar-refractivity contribution in [2.75, 3.05) is 43.1 Å². The zero-order valence-electron chi connectivity index (χ0n) is 15.1. The molecule has 1 aliphatic carbocycles. The lowest BCUT2D eigenvalue weighted by molar-refractivity contribution is -0.115. The number of carbonyl (C=O) groups excluding carboxylic acids is 2. The first-order valence-corrected chi connectivity index (χ1v) is 9.48. The number of urea groups is 1. The van der Waals surface area contributed by atoms with Gasteiger partial charge in [0.1, 0.15) is 0 Å². The highest BCUT2D eigenvalue weighted by molar-refractivity contribution is 5.97. The van der Waals surface area contributed by atoms with Crippen molar-refractivity contribution in [3.05, 3.63) is 24.3 Å². The van der Waals surface area contributed by atoms with Crippen molar-refractivity contribution in [1.82, 2.24) is 10.6 Å². The van der Waals surface area contributed by atoms with Crippen LogP contribution >= 0.6 is 0 Å². The molecule has 26 heavy (non-hydrogen) atoms. The fraction of sp³-hybridized carbons (Fsp3) is 0.579. The highest BCUT2D eigenvalue weighted by Crippen LogP contribution is 2.26. The average molecular weight is 360 g/mol. The number of nitrogens with zero attached hydrogens (tertiary/aromatic N) is 1. The van der Waals surface area contributed by atoms with Crippen molar-refractivity contribution in [3.8, 4) is 0 Å². The SMILES string of the molecule is O=C(CNC(=O)NC1CCCCC1)Nc1ccccc1N1CCOCC1. The summed E-state index contributed by atoms with van der Waals surface area (Å²) in [6, 6.07) is 7.68. The Labute approximate surface area is 154 Å². The Morgan fingerprint density at radius 2 is 1.81 bits per heavy atom. The number of benzene rings is 1. The lowest BCUT2D eigenvalue weighted by Gasteiger charge is -2.30. The molecular weight excluding hydrogens is 332 g/mol. The lowest BCUT2D eigenvalue weighted by atomic mass is 9.96. The van der Waals surface area contributed by atoms with Gasteiger partial charge in [-0.2, -0.15) is 0 Å². The van der Waals surface area contributed by atoms with Crippen LogP contribution in [0.5, 0.6) is 0 Å². The zero-order chi connectivity index (χ0) is 18.2. The first-order valence-electron chi connectivity index (χ1n) is 9.48. The van der Waals surface area contributed by atoms with Crippen molar-refractivity contribution >= 4 is 23.3 Å². The molecule has 0 aromatic heterocycles. The summed E-state index contributed by atoms with van der Waals surface area (Å²) in [6.45, 7) is 2.93. The second-order valence-corrected chi connectivity index (χ2v) is 6.83. The molecule has 2 aliphatic rings. The number of morpholine rings is 1. The fourth-order valence-corrected chi connectivity index (χ4v) is 3.50. The number of hydrogen-bond acceptors (Lipinski definition) is 4. The standard InChI is InChI=1S/C19H28N4O3/c24-18(14-20-19(25)21-15-6-2-1-3-7-15)22-16-8-4-5-9-17(16)23-10-12-26-13-11-23/h4-5,8-9,15H,1-3,6-7,10-14H2,(H,22,24)(H2,20,21,25). The van der Waals surface area contributed by atoms with Crippen LogP contribution in [-0.2, 0) is 9.53 Å². The highest BCUT2D eigenvalue weighted by atomic mass is 16.5. The lowest BCUT2D eigenvalue weighted by Crippen LogP contribution is -2.45. The topological polar surface area (TPSA) is 82.7 Å². The van der Waals surface area contributed by atoms with E-state index in [1.165, 1.54) is 6.42 Å². The van der Waals surface area contributed by atoms with Gasteiger partial charge in [0.25, 0.3) is 0 Å². The third-order valence-electron chi connectivity index (χ3n) is 4.88. The molecule has 0 radical (unpaired) electrons. The van der Waals surface area contributed by atoms with E-state index < -0.39 is 0 Å². The maximum absolute atomic E-state index is 12.2. The number of carbonyl (C=O) groups is 2. The van der Waals surface area contributed by atoms with Crippen molar-refractivity contribution < 1.29 is 14.3 Å². The van der Waals surface area contributed by atoms with E-state index >= 15 is 0 Å². The van der Waals surface area contributed by atoms with Crippen LogP contribution in [0.15, 0.2) is 24.3 Å². The first kappa shape index (κ1) is 18.5. The Balaban J connectivity index is 1.48. The normalized spacial score (nSPS) is 18.2. The van der Waals surface area contributed by atoms with Gasteiger partial charge in [0.05, 0.1) is 31.1 Å².